The third-order valence-corrected chi connectivity index (χ3v) is 3.44. The summed E-state index contributed by atoms with van der Waals surface area (Å²) in [5.41, 5.74) is 1.29. The quantitative estimate of drug-likeness (QED) is 0.463. The van der Waals surface area contributed by atoms with Gasteiger partial charge in [-0.25, -0.2) is 0 Å². The fraction of sp³-hybridized carbons (Fsp3) is 0.611. The maximum Gasteiger partial charge on any atom is 0.302 e. The molecule has 0 amide bonds. The van der Waals surface area contributed by atoms with E-state index in [1.165, 1.54) is 12.5 Å². The molecular formula is C18H28O4. The van der Waals surface area contributed by atoms with Crippen molar-refractivity contribution in [2.45, 2.75) is 46.3 Å². The lowest BCUT2D eigenvalue weighted by atomic mass is 9.97. The standard InChI is InChI=1S/C18H28O4/c1-4-20-18(21-5-2)13-17(14-22-15(3)19)12-11-16-9-7-6-8-10-16/h6-10,17-18H,4-5,11-14H2,1-3H3/t17-/m0/s1. The van der Waals surface area contributed by atoms with Gasteiger partial charge in [0.05, 0.1) is 6.61 Å². The first-order chi connectivity index (χ1) is 10.7. The number of hydrogen-bond donors (Lipinski definition) is 0. The molecule has 0 unspecified atom stereocenters. The van der Waals surface area contributed by atoms with Gasteiger partial charge in [-0.2, -0.15) is 0 Å². The van der Waals surface area contributed by atoms with E-state index in [4.69, 9.17) is 14.2 Å². The number of aryl methyl sites for hydroxylation is 1. The minimum Gasteiger partial charge on any atom is -0.466 e. The summed E-state index contributed by atoms with van der Waals surface area (Å²) in [5, 5.41) is 0. The number of ether oxygens (including phenoxy) is 3. The first-order valence-corrected chi connectivity index (χ1v) is 8.06. The van der Waals surface area contributed by atoms with Gasteiger partial charge in [-0.3, -0.25) is 4.79 Å². The number of benzene rings is 1. The van der Waals surface area contributed by atoms with E-state index in [2.05, 4.69) is 12.1 Å². The molecular weight excluding hydrogens is 280 g/mol. The number of carbonyl (C=O) groups is 1. The van der Waals surface area contributed by atoms with Crippen LogP contribution < -0.4 is 0 Å². The minimum atomic E-state index is -0.242. The molecule has 0 aliphatic carbocycles. The average Bonchev–Trinajstić information content (AvgIpc) is 2.51. The van der Waals surface area contributed by atoms with E-state index < -0.39 is 0 Å². The molecule has 1 rings (SSSR count). The molecule has 0 saturated heterocycles. The van der Waals surface area contributed by atoms with Gasteiger partial charge in [0, 0.05) is 26.6 Å². The van der Waals surface area contributed by atoms with Gasteiger partial charge in [0.2, 0.25) is 0 Å². The summed E-state index contributed by atoms with van der Waals surface area (Å²) in [6.45, 7) is 7.00. The molecule has 1 aromatic rings. The second-order valence-electron chi connectivity index (χ2n) is 5.27. The highest BCUT2D eigenvalue weighted by molar-refractivity contribution is 5.65. The van der Waals surface area contributed by atoms with Gasteiger partial charge in [-0.15, -0.1) is 0 Å². The van der Waals surface area contributed by atoms with Crippen molar-refractivity contribution in [1.82, 2.24) is 0 Å². The second kappa shape index (κ2) is 11.2. The van der Waals surface area contributed by atoms with E-state index in [0.717, 1.165) is 19.3 Å². The van der Waals surface area contributed by atoms with Crippen molar-refractivity contribution in [3.05, 3.63) is 35.9 Å². The van der Waals surface area contributed by atoms with Crippen LogP contribution in [0, 0.1) is 5.92 Å². The molecule has 4 heteroatoms. The van der Waals surface area contributed by atoms with Crippen LogP contribution in [0.1, 0.15) is 39.2 Å². The Morgan fingerprint density at radius 1 is 1.09 bits per heavy atom. The molecule has 0 bridgehead atoms. The maximum atomic E-state index is 11.1. The van der Waals surface area contributed by atoms with Crippen molar-refractivity contribution >= 4 is 5.97 Å². The topological polar surface area (TPSA) is 44.8 Å². The lowest BCUT2D eigenvalue weighted by Gasteiger charge is -2.23. The summed E-state index contributed by atoms with van der Waals surface area (Å²) in [7, 11) is 0. The van der Waals surface area contributed by atoms with Crippen LogP contribution in [0.2, 0.25) is 0 Å². The number of carbonyl (C=O) groups excluding carboxylic acids is 1. The number of rotatable bonds is 11. The molecule has 0 aliphatic rings. The molecule has 124 valence electrons. The number of hydrogen-bond acceptors (Lipinski definition) is 4. The van der Waals surface area contributed by atoms with Crippen LogP contribution in [0.5, 0.6) is 0 Å². The van der Waals surface area contributed by atoms with E-state index in [0.29, 0.717) is 19.8 Å². The van der Waals surface area contributed by atoms with Crippen LogP contribution in [0.3, 0.4) is 0 Å². The molecule has 1 aromatic carbocycles. The molecule has 0 radical (unpaired) electrons. The summed E-state index contributed by atoms with van der Waals surface area (Å²) >= 11 is 0. The molecule has 1 atom stereocenters. The Labute approximate surface area is 133 Å². The minimum absolute atomic E-state index is 0.229. The highest BCUT2D eigenvalue weighted by Crippen LogP contribution is 2.18. The molecule has 0 heterocycles. The molecule has 0 fully saturated rings. The Hall–Kier alpha value is -1.39. The normalized spacial score (nSPS) is 12.4. The van der Waals surface area contributed by atoms with Crippen molar-refractivity contribution in [1.29, 1.82) is 0 Å². The average molecular weight is 308 g/mol. The Kier molecular flexibility index (Phi) is 9.51. The van der Waals surface area contributed by atoms with E-state index in [1.54, 1.807) is 0 Å². The van der Waals surface area contributed by atoms with Gasteiger partial charge in [0.25, 0.3) is 0 Å². The highest BCUT2D eigenvalue weighted by Gasteiger charge is 2.18. The first-order valence-electron chi connectivity index (χ1n) is 8.06. The second-order valence-corrected chi connectivity index (χ2v) is 5.27. The fourth-order valence-corrected chi connectivity index (χ4v) is 2.35. The third-order valence-electron chi connectivity index (χ3n) is 3.44. The zero-order chi connectivity index (χ0) is 16.2. The van der Waals surface area contributed by atoms with Crippen molar-refractivity contribution in [2.75, 3.05) is 19.8 Å². The van der Waals surface area contributed by atoms with Crippen LogP contribution in [0.15, 0.2) is 30.3 Å². The summed E-state index contributed by atoms with van der Waals surface area (Å²) in [6, 6.07) is 10.3. The molecule has 0 spiro atoms. The zero-order valence-electron chi connectivity index (χ0n) is 13.9. The zero-order valence-corrected chi connectivity index (χ0v) is 13.9. The molecule has 22 heavy (non-hydrogen) atoms. The maximum absolute atomic E-state index is 11.1. The van der Waals surface area contributed by atoms with E-state index in [-0.39, 0.29) is 18.2 Å². The Balaban J connectivity index is 2.55. The van der Waals surface area contributed by atoms with Gasteiger partial charge in [0.1, 0.15) is 0 Å². The van der Waals surface area contributed by atoms with Gasteiger partial charge in [0.15, 0.2) is 6.29 Å². The SMILES string of the molecule is CCOC(C[C@H](CCc1ccccc1)COC(C)=O)OCC. The van der Waals surface area contributed by atoms with Crippen LogP contribution >= 0.6 is 0 Å². The molecule has 0 N–H and O–H groups in total. The molecule has 0 aliphatic heterocycles. The van der Waals surface area contributed by atoms with Crippen LogP contribution in [0.25, 0.3) is 0 Å². The molecule has 4 nitrogen and oxygen atoms in total. The lowest BCUT2D eigenvalue weighted by Crippen LogP contribution is -2.24. The van der Waals surface area contributed by atoms with E-state index in [1.807, 2.05) is 32.0 Å². The smallest absolute Gasteiger partial charge is 0.302 e. The van der Waals surface area contributed by atoms with Crippen molar-refractivity contribution in [3.8, 4) is 0 Å². The predicted molar refractivity (Wildman–Crippen MR) is 86.5 cm³/mol. The Morgan fingerprint density at radius 3 is 2.27 bits per heavy atom. The van der Waals surface area contributed by atoms with Crippen LogP contribution in [0.4, 0.5) is 0 Å². The predicted octanol–water partition coefficient (Wildman–Crippen LogP) is 3.59. The number of esters is 1. The summed E-state index contributed by atoms with van der Waals surface area (Å²) in [5.74, 6) is -0.0127. The Bertz CT molecular complexity index is 399. The van der Waals surface area contributed by atoms with E-state index >= 15 is 0 Å². The van der Waals surface area contributed by atoms with Gasteiger partial charge < -0.3 is 14.2 Å². The summed E-state index contributed by atoms with van der Waals surface area (Å²) in [6.07, 6.45) is 2.40. The van der Waals surface area contributed by atoms with Crippen molar-refractivity contribution in [3.63, 3.8) is 0 Å². The largest absolute Gasteiger partial charge is 0.466 e. The van der Waals surface area contributed by atoms with Gasteiger partial charge >= 0.3 is 5.97 Å². The monoisotopic (exact) mass is 308 g/mol. The third kappa shape index (κ3) is 8.15. The first kappa shape index (κ1) is 18.7. The summed E-state index contributed by atoms with van der Waals surface area (Å²) < 4.78 is 16.4. The molecule has 0 saturated carbocycles. The fourth-order valence-electron chi connectivity index (χ4n) is 2.35. The van der Waals surface area contributed by atoms with Gasteiger partial charge in [-0.05, 0) is 38.2 Å². The van der Waals surface area contributed by atoms with Crippen LogP contribution in [-0.4, -0.2) is 32.1 Å². The van der Waals surface area contributed by atoms with E-state index in [9.17, 15) is 4.79 Å². The summed E-state index contributed by atoms with van der Waals surface area (Å²) in [4.78, 5) is 11.1. The van der Waals surface area contributed by atoms with Crippen molar-refractivity contribution in [2.24, 2.45) is 5.92 Å². The van der Waals surface area contributed by atoms with Crippen molar-refractivity contribution < 1.29 is 19.0 Å². The lowest BCUT2D eigenvalue weighted by molar-refractivity contribution is -0.155. The van der Waals surface area contributed by atoms with Gasteiger partial charge in [-0.1, -0.05) is 30.3 Å². The Morgan fingerprint density at radius 2 is 1.73 bits per heavy atom. The van der Waals surface area contributed by atoms with Crippen LogP contribution in [-0.2, 0) is 25.4 Å². The molecule has 0 aromatic heterocycles. The highest BCUT2D eigenvalue weighted by atomic mass is 16.7.